The van der Waals surface area contributed by atoms with Crippen LogP contribution in [-0.2, 0) is 0 Å². The number of para-hydroxylation sites is 2. The summed E-state index contributed by atoms with van der Waals surface area (Å²) < 4.78 is 16.4. The number of benzene rings is 2. The van der Waals surface area contributed by atoms with Gasteiger partial charge in [-0.15, -0.1) is 0 Å². The number of carbonyl (C=O) groups is 1. The zero-order valence-corrected chi connectivity index (χ0v) is 13.4. The van der Waals surface area contributed by atoms with Crippen molar-refractivity contribution in [2.45, 2.75) is 6.92 Å². The molecule has 0 bridgehead atoms. The fraction of sp³-hybridized carbons (Fsp3) is 0.235. The molecule has 1 aliphatic heterocycles. The van der Waals surface area contributed by atoms with Crippen molar-refractivity contribution in [2.75, 3.05) is 25.1 Å². The van der Waals surface area contributed by atoms with Crippen LogP contribution in [0.3, 0.4) is 0 Å². The molecule has 1 aliphatic rings. The fourth-order valence-corrected chi connectivity index (χ4v) is 2.52. The molecule has 0 aromatic heterocycles. The van der Waals surface area contributed by atoms with E-state index in [0.29, 0.717) is 53.3 Å². The Labute approximate surface area is 139 Å². The monoisotopic (exact) mass is 333 g/mol. The second-order valence-corrected chi connectivity index (χ2v) is 5.27. The summed E-state index contributed by atoms with van der Waals surface area (Å²) in [6, 6.07) is 10.4. The molecule has 3 rings (SSSR count). The highest BCUT2D eigenvalue weighted by atomic mass is 35.5. The summed E-state index contributed by atoms with van der Waals surface area (Å²) in [7, 11) is 0. The Bertz CT molecular complexity index is 733. The predicted molar refractivity (Wildman–Crippen MR) is 88.0 cm³/mol. The number of carbonyl (C=O) groups excluding carboxylic acids is 1. The minimum Gasteiger partial charge on any atom is -0.492 e. The van der Waals surface area contributed by atoms with E-state index >= 15 is 0 Å². The van der Waals surface area contributed by atoms with Gasteiger partial charge in [0.05, 0.1) is 22.9 Å². The van der Waals surface area contributed by atoms with Crippen LogP contribution in [0.5, 0.6) is 17.2 Å². The van der Waals surface area contributed by atoms with Crippen LogP contribution in [0.2, 0.25) is 5.02 Å². The summed E-state index contributed by atoms with van der Waals surface area (Å²) in [6.07, 6.45) is 0. The molecule has 0 aliphatic carbocycles. The summed E-state index contributed by atoms with van der Waals surface area (Å²) in [6.45, 7) is 3.31. The van der Waals surface area contributed by atoms with Crippen LogP contribution in [0.4, 0.5) is 5.69 Å². The molecular weight excluding hydrogens is 318 g/mol. The van der Waals surface area contributed by atoms with Crippen LogP contribution >= 0.6 is 11.6 Å². The molecule has 2 aromatic rings. The fourth-order valence-electron chi connectivity index (χ4n) is 2.28. The molecule has 1 heterocycles. The van der Waals surface area contributed by atoms with Crippen molar-refractivity contribution in [1.82, 2.24) is 0 Å². The van der Waals surface area contributed by atoms with Crippen molar-refractivity contribution in [2.24, 2.45) is 0 Å². The molecule has 2 aromatic carbocycles. The molecule has 0 atom stereocenters. The van der Waals surface area contributed by atoms with Gasteiger partial charge in [0.2, 0.25) is 0 Å². The molecule has 1 amide bonds. The summed E-state index contributed by atoms with van der Waals surface area (Å²) in [4.78, 5) is 12.5. The van der Waals surface area contributed by atoms with Crippen molar-refractivity contribution in [3.63, 3.8) is 0 Å². The van der Waals surface area contributed by atoms with Crippen molar-refractivity contribution >= 4 is 23.2 Å². The third-order valence-electron chi connectivity index (χ3n) is 3.31. The Hall–Kier alpha value is -2.40. The van der Waals surface area contributed by atoms with Crippen LogP contribution in [0.25, 0.3) is 0 Å². The molecule has 6 heteroatoms. The lowest BCUT2D eigenvalue weighted by molar-refractivity contribution is 0.102. The van der Waals surface area contributed by atoms with E-state index in [4.69, 9.17) is 25.8 Å². The molecule has 0 saturated heterocycles. The molecule has 0 fully saturated rings. The maximum atomic E-state index is 12.5. The van der Waals surface area contributed by atoms with Crippen LogP contribution in [0, 0.1) is 0 Å². The Morgan fingerprint density at radius 1 is 1.22 bits per heavy atom. The lowest BCUT2D eigenvalue weighted by atomic mass is 10.1. The van der Waals surface area contributed by atoms with Crippen molar-refractivity contribution in [3.8, 4) is 17.2 Å². The standard InChI is InChI=1S/C17H16ClNO4/c1-2-21-14-6-4-3-5-13(14)19-17(20)11-9-15-16(10-12(11)18)23-8-7-22-15/h3-6,9-10H,2,7-8H2,1H3,(H,19,20). The van der Waals surface area contributed by atoms with Gasteiger partial charge in [0.1, 0.15) is 19.0 Å². The van der Waals surface area contributed by atoms with Crippen LogP contribution in [0.15, 0.2) is 36.4 Å². The topological polar surface area (TPSA) is 56.8 Å². The first-order valence-electron chi connectivity index (χ1n) is 7.31. The number of anilines is 1. The normalized spacial score (nSPS) is 12.6. The van der Waals surface area contributed by atoms with E-state index < -0.39 is 0 Å². The SMILES string of the molecule is CCOc1ccccc1NC(=O)c1cc2c(cc1Cl)OCCO2. The largest absolute Gasteiger partial charge is 0.492 e. The predicted octanol–water partition coefficient (Wildman–Crippen LogP) is 3.76. The maximum absolute atomic E-state index is 12.5. The summed E-state index contributed by atoms with van der Waals surface area (Å²) in [5.41, 5.74) is 0.910. The molecule has 0 spiro atoms. The average molecular weight is 334 g/mol. The van der Waals surface area contributed by atoms with E-state index in [1.165, 1.54) is 0 Å². The van der Waals surface area contributed by atoms with E-state index in [0.717, 1.165) is 0 Å². The minimum absolute atomic E-state index is 0.306. The molecule has 0 saturated carbocycles. The highest BCUT2D eigenvalue weighted by molar-refractivity contribution is 6.34. The number of rotatable bonds is 4. The van der Waals surface area contributed by atoms with E-state index in [9.17, 15) is 4.79 Å². The van der Waals surface area contributed by atoms with Gasteiger partial charge in [-0.25, -0.2) is 0 Å². The summed E-state index contributed by atoms with van der Waals surface area (Å²) in [5, 5.41) is 3.12. The highest BCUT2D eigenvalue weighted by Crippen LogP contribution is 2.36. The first-order valence-corrected chi connectivity index (χ1v) is 7.69. The van der Waals surface area contributed by atoms with Gasteiger partial charge < -0.3 is 19.5 Å². The third-order valence-corrected chi connectivity index (χ3v) is 3.62. The van der Waals surface area contributed by atoms with Gasteiger partial charge in [-0.2, -0.15) is 0 Å². The van der Waals surface area contributed by atoms with E-state index in [1.54, 1.807) is 24.3 Å². The van der Waals surface area contributed by atoms with Crippen molar-refractivity contribution in [3.05, 3.63) is 47.0 Å². The van der Waals surface area contributed by atoms with Gasteiger partial charge in [0.15, 0.2) is 11.5 Å². The lowest BCUT2D eigenvalue weighted by Gasteiger charge is -2.19. The number of amides is 1. The van der Waals surface area contributed by atoms with E-state index in [2.05, 4.69) is 5.32 Å². The third kappa shape index (κ3) is 3.35. The van der Waals surface area contributed by atoms with Gasteiger partial charge in [0.25, 0.3) is 5.91 Å². The zero-order valence-electron chi connectivity index (χ0n) is 12.6. The van der Waals surface area contributed by atoms with E-state index in [-0.39, 0.29) is 5.91 Å². The van der Waals surface area contributed by atoms with Gasteiger partial charge in [-0.3, -0.25) is 4.79 Å². The molecule has 120 valence electrons. The zero-order chi connectivity index (χ0) is 16.2. The Morgan fingerprint density at radius 3 is 2.65 bits per heavy atom. The number of nitrogens with one attached hydrogen (secondary N) is 1. The van der Waals surface area contributed by atoms with Crippen LogP contribution in [0.1, 0.15) is 17.3 Å². The summed E-state index contributed by atoms with van der Waals surface area (Å²) in [5.74, 6) is 1.34. The number of ether oxygens (including phenoxy) is 3. The molecule has 0 unspecified atom stereocenters. The quantitative estimate of drug-likeness (QED) is 0.925. The molecule has 1 N–H and O–H groups in total. The Balaban J connectivity index is 1.86. The van der Waals surface area contributed by atoms with Gasteiger partial charge in [-0.1, -0.05) is 23.7 Å². The lowest BCUT2D eigenvalue weighted by Crippen LogP contribution is -2.18. The first kappa shape index (κ1) is 15.5. The Kier molecular flexibility index (Phi) is 4.57. The molecular formula is C17H16ClNO4. The molecule has 0 radical (unpaired) electrons. The van der Waals surface area contributed by atoms with Crippen molar-refractivity contribution in [1.29, 1.82) is 0 Å². The van der Waals surface area contributed by atoms with Gasteiger partial charge in [0, 0.05) is 6.07 Å². The van der Waals surface area contributed by atoms with Crippen molar-refractivity contribution < 1.29 is 19.0 Å². The van der Waals surface area contributed by atoms with Crippen LogP contribution in [-0.4, -0.2) is 25.7 Å². The minimum atomic E-state index is -0.334. The average Bonchev–Trinajstić information content (AvgIpc) is 2.56. The van der Waals surface area contributed by atoms with Crippen LogP contribution < -0.4 is 19.5 Å². The summed E-state index contributed by atoms with van der Waals surface area (Å²) >= 11 is 6.20. The first-order chi connectivity index (χ1) is 11.2. The maximum Gasteiger partial charge on any atom is 0.257 e. The molecule has 23 heavy (non-hydrogen) atoms. The number of halogens is 1. The van der Waals surface area contributed by atoms with Gasteiger partial charge >= 0.3 is 0 Å². The van der Waals surface area contributed by atoms with Gasteiger partial charge in [-0.05, 0) is 25.1 Å². The second kappa shape index (κ2) is 6.79. The number of fused-ring (bicyclic) bond motifs is 1. The highest BCUT2D eigenvalue weighted by Gasteiger charge is 2.19. The second-order valence-electron chi connectivity index (χ2n) is 4.86. The Morgan fingerprint density at radius 2 is 1.91 bits per heavy atom. The number of hydrogen-bond acceptors (Lipinski definition) is 4. The van der Waals surface area contributed by atoms with E-state index in [1.807, 2.05) is 19.1 Å². The number of hydrogen-bond donors (Lipinski definition) is 1. The smallest absolute Gasteiger partial charge is 0.257 e. The molecule has 5 nitrogen and oxygen atoms in total.